The van der Waals surface area contributed by atoms with Crippen LogP contribution in [0, 0.1) is 5.41 Å². The van der Waals surface area contributed by atoms with E-state index >= 15 is 0 Å². The lowest BCUT2D eigenvalue weighted by Gasteiger charge is -2.17. The van der Waals surface area contributed by atoms with Crippen LogP contribution in [0.5, 0.6) is 0 Å². The maximum Gasteiger partial charge on any atom is 0.309 e. The van der Waals surface area contributed by atoms with Gasteiger partial charge >= 0.3 is 23.9 Å². The summed E-state index contributed by atoms with van der Waals surface area (Å²) in [5, 5.41) is 33.2. The molecule has 0 atom stereocenters. The van der Waals surface area contributed by atoms with E-state index in [-0.39, 0.29) is 19.3 Å². The summed E-state index contributed by atoms with van der Waals surface area (Å²) in [5.74, 6) is -3.50. The van der Waals surface area contributed by atoms with Gasteiger partial charge in [-0.3, -0.25) is 19.2 Å². The third-order valence-corrected chi connectivity index (χ3v) is 2.80. The Morgan fingerprint density at radius 2 is 1.00 bits per heavy atom. The molecule has 8 heteroatoms. The average Bonchev–Trinajstić information content (AvgIpc) is 2.34. The van der Waals surface area contributed by atoms with Gasteiger partial charge < -0.3 is 20.4 Å². The van der Waals surface area contributed by atoms with Gasteiger partial charge in [-0.1, -0.05) is 0 Å². The van der Waals surface area contributed by atoms with Crippen molar-refractivity contribution in [2.24, 2.45) is 5.41 Å². The molecule has 4 N–H and O–H groups in total. The highest BCUT2D eigenvalue weighted by molar-refractivity contribution is 5.73. The van der Waals surface area contributed by atoms with Crippen LogP contribution >= 0.6 is 0 Å². The van der Waals surface area contributed by atoms with E-state index in [1.165, 1.54) is 0 Å². The van der Waals surface area contributed by atoms with E-state index in [9.17, 15) is 19.2 Å². The Morgan fingerprint density at radius 3 is 1.27 bits per heavy atom. The first-order chi connectivity index (χ1) is 9.99. The van der Waals surface area contributed by atoms with E-state index in [2.05, 4.69) is 0 Å². The number of carbonyl (C=O) groups is 4. The summed E-state index contributed by atoms with van der Waals surface area (Å²) in [4.78, 5) is 40.5. The summed E-state index contributed by atoms with van der Waals surface area (Å²) in [6.07, 6.45) is 1.86. The molecule has 0 heterocycles. The number of hydrogen-bond donors (Lipinski definition) is 4. The summed E-state index contributed by atoms with van der Waals surface area (Å²) in [6.45, 7) is 3.19. The van der Waals surface area contributed by atoms with Gasteiger partial charge in [-0.15, -0.1) is 0 Å². The van der Waals surface area contributed by atoms with Gasteiger partial charge in [-0.05, 0) is 39.5 Å². The summed E-state index contributed by atoms with van der Waals surface area (Å²) >= 11 is 0. The minimum absolute atomic E-state index is 0.0384. The highest BCUT2D eigenvalue weighted by atomic mass is 16.4. The van der Waals surface area contributed by atoms with Crippen LogP contribution in [0.15, 0.2) is 0 Å². The van der Waals surface area contributed by atoms with E-state index in [0.29, 0.717) is 25.7 Å². The van der Waals surface area contributed by atoms with Gasteiger partial charge in [0.1, 0.15) is 0 Å². The molecular weight excluding hydrogens is 296 g/mol. The van der Waals surface area contributed by atoms with Crippen LogP contribution in [0.4, 0.5) is 0 Å². The van der Waals surface area contributed by atoms with Crippen molar-refractivity contribution >= 4 is 23.9 Å². The summed E-state index contributed by atoms with van der Waals surface area (Å²) < 4.78 is 0. The predicted octanol–water partition coefficient (Wildman–Crippen LogP) is 2.07. The lowest BCUT2D eigenvalue weighted by Crippen LogP contribution is -2.23. The SMILES string of the molecule is CC(C)(CCCC(=O)O)C(=O)O.O=C(O)CCCCC(=O)O. The zero-order valence-electron chi connectivity index (χ0n) is 12.9. The smallest absolute Gasteiger partial charge is 0.309 e. The highest BCUT2D eigenvalue weighted by Crippen LogP contribution is 2.22. The molecule has 0 aromatic carbocycles. The number of unbranched alkanes of at least 4 members (excludes halogenated alkanes) is 1. The first kappa shape index (κ1) is 22.2. The van der Waals surface area contributed by atoms with Crippen molar-refractivity contribution < 1.29 is 39.6 Å². The molecule has 0 saturated carbocycles. The van der Waals surface area contributed by atoms with Gasteiger partial charge in [0.2, 0.25) is 0 Å². The lowest BCUT2D eigenvalue weighted by atomic mass is 9.87. The highest BCUT2D eigenvalue weighted by Gasteiger charge is 2.26. The van der Waals surface area contributed by atoms with E-state index in [0.717, 1.165) is 0 Å². The Labute approximate surface area is 128 Å². The van der Waals surface area contributed by atoms with Crippen molar-refractivity contribution in [1.82, 2.24) is 0 Å². The Hall–Kier alpha value is -2.12. The van der Waals surface area contributed by atoms with Crippen LogP contribution in [0.2, 0.25) is 0 Å². The molecular formula is C14H24O8. The van der Waals surface area contributed by atoms with E-state index in [4.69, 9.17) is 20.4 Å². The van der Waals surface area contributed by atoms with E-state index < -0.39 is 29.3 Å². The normalized spacial score (nSPS) is 10.3. The molecule has 0 bridgehead atoms. The van der Waals surface area contributed by atoms with Gasteiger partial charge in [0.05, 0.1) is 5.41 Å². The molecule has 22 heavy (non-hydrogen) atoms. The number of carboxylic acid groups (broad SMARTS) is 4. The first-order valence-corrected chi connectivity index (χ1v) is 6.88. The van der Waals surface area contributed by atoms with Gasteiger partial charge in [0.15, 0.2) is 0 Å². The minimum atomic E-state index is -0.882. The fraction of sp³-hybridized carbons (Fsp3) is 0.714. The molecule has 0 aromatic heterocycles. The topological polar surface area (TPSA) is 149 Å². The van der Waals surface area contributed by atoms with Crippen molar-refractivity contribution in [1.29, 1.82) is 0 Å². The quantitative estimate of drug-likeness (QED) is 0.447. The molecule has 128 valence electrons. The molecule has 0 aliphatic heterocycles. The second-order valence-corrected chi connectivity index (χ2v) is 5.43. The number of aliphatic carboxylic acids is 4. The van der Waals surface area contributed by atoms with Crippen molar-refractivity contribution in [3.63, 3.8) is 0 Å². The van der Waals surface area contributed by atoms with Crippen LogP contribution in [-0.2, 0) is 19.2 Å². The molecule has 0 rings (SSSR count). The van der Waals surface area contributed by atoms with Gasteiger partial charge in [-0.25, -0.2) is 0 Å². The lowest BCUT2D eigenvalue weighted by molar-refractivity contribution is -0.148. The summed E-state index contributed by atoms with van der Waals surface area (Å²) in [7, 11) is 0. The molecule has 0 unspecified atom stereocenters. The van der Waals surface area contributed by atoms with Gasteiger partial charge in [0, 0.05) is 19.3 Å². The number of rotatable bonds is 10. The number of hydrogen-bond acceptors (Lipinski definition) is 4. The molecule has 0 saturated heterocycles. The molecule has 0 fully saturated rings. The second kappa shape index (κ2) is 11.5. The maximum absolute atomic E-state index is 10.5. The fourth-order valence-electron chi connectivity index (χ4n) is 1.34. The second-order valence-electron chi connectivity index (χ2n) is 5.43. The zero-order valence-corrected chi connectivity index (χ0v) is 12.9. The van der Waals surface area contributed by atoms with Gasteiger partial charge in [0.25, 0.3) is 0 Å². The van der Waals surface area contributed by atoms with Crippen LogP contribution in [-0.4, -0.2) is 44.3 Å². The Balaban J connectivity index is 0. The molecule has 8 nitrogen and oxygen atoms in total. The summed E-state index contributed by atoms with van der Waals surface area (Å²) in [6, 6.07) is 0. The van der Waals surface area contributed by atoms with Crippen LogP contribution < -0.4 is 0 Å². The summed E-state index contributed by atoms with van der Waals surface area (Å²) in [5.41, 5.74) is -0.810. The first-order valence-electron chi connectivity index (χ1n) is 6.88. The van der Waals surface area contributed by atoms with Gasteiger partial charge in [-0.2, -0.15) is 0 Å². The molecule has 0 aromatic rings. The Kier molecular flexibility index (Phi) is 11.6. The van der Waals surface area contributed by atoms with Crippen molar-refractivity contribution in [3.8, 4) is 0 Å². The molecule has 0 aliphatic rings. The Morgan fingerprint density at radius 1 is 0.682 bits per heavy atom. The third kappa shape index (κ3) is 15.9. The number of carboxylic acids is 4. The van der Waals surface area contributed by atoms with Crippen LogP contribution in [0.1, 0.15) is 58.8 Å². The van der Waals surface area contributed by atoms with Crippen LogP contribution in [0.3, 0.4) is 0 Å². The standard InChI is InChI=1S/C8H14O4.C6H10O4/c1-8(2,7(11)12)5-3-4-6(9)10;7-5(8)3-1-2-4-6(9)10/h3-5H2,1-2H3,(H,9,10)(H,11,12);1-4H2,(H,7,8)(H,9,10). The largest absolute Gasteiger partial charge is 0.481 e. The maximum atomic E-state index is 10.5. The van der Waals surface area contributed by atoms with Crippen molar-refractivity contribution in [2.45, 2.75) is 58.8 Å². The molecule has 0 amide bonds. The van der Waals surface area contributed by atoms with E-state index in [1.54, 1.807) is 13.8 Å². The minimum Gasteiger partial charge on any atom is -0.481 e. The fourth-order valence-corrected chi connectivity index (χ4v) is 1.34. The van der Waals surface area contributed by atoms with Crippen LogP contribution in [0.25, 0.3) is 0 Å². The predicted molar refractivity (Wildman–Crippen MR) is 76.6 cm³/mol. The van der Waals surface area contributed by atoms with E-state index in [1.807, 2.05) is 0 Å². The Bertz CT molecular complexity index is 370. The third-order valence-electron chi connectivity index (χ3n) is 2.80. The average molecular weight is 320 g/mol. The monoisotopic (exact) mass is 320 g/mol. The molecule has 0 spiro atoms. The molecule has 0 aliphatic carbocycles. The van der Waals surface area contributed by atoms with Crippen molar-refractivity contribution in [3.05, 3.63) is 0 Å². The zero-order chi connectivity index (χ0) is 17.8. The molecule has 0 radical (unpaired) electrons. The van der Waals surface area contributed by atoms with Crippen molar-refractivity contribution in [2.75, 3.05) is 0 Å².